The summed E-state index contributed by atoms with van der Waals surface area (Å²) in [5.74, 6) is 0.0858. The van der Waals surface area contributed by atoms with E-state index < -0.39 is 6.04 Å². The summed E-state index contributed by atoms with van der Waals surface area (Å²) in [5, 5.41) is 3.50. The van der Waals surface area contributed by atoms with Crippen molar-refractivity contribution in [2.45, 2.75) is 43.6 Å². The zero-order chi connectivity index (χ0) is 23.8. The van der Waals surface area contributed by atoms with Crippen molar-refractivity contribution >= 4 is 23.6 Å². The molecule has 2 aromatic rings. The molecule has 1 atom stereocenters. The normalized spacial score (nSPS) is 22.6. The van der Waals surface area contributed by atoms with Gasteiger partial charge in [-0.05, 0) is 55.1 Å². The molecule has 4 aliphatic rings. The maximum absolute atomic E-state index is 13.8. The molecule has 2 fully saturated rings. The van der Waals surface area contributed by atoms with Gasteiger partial charge in [0.2, 0.25) is 11.8 Å². The van der Waals surface area contributed by atoms with Gasteiger partial charge in [-0.2, -0.15) is 0 Å². The minimum Gasteiger partial charge on any atom is -0.378 e. The Bertz CT molecular complexity index is 1160. The number of amides is 2. The predicted octanol–water partition coefficient (Wildman–Crippen LogP) is 3.30. The number of hydrogen-bond donors (Lipinski definition) is 1. The van der Waals surface area contributed by atoms with E-state index in [1.807, 2.05) is 29.2 Å². The Balaban J connectivity index is 1.24. The highest BCUT2D eigenvalue weighted by atomic mass is 16.5. The number of benzene rings is 2. The second kappa shape index (κ2) is 9.25. The SMILES string of the molecule is O=C([C@@H]1Cc2ccccc2N1C(=O)CCC1=Cc2ccccc2C12CCNCC2)N1CCOCC1. The number of nitrogens with one attached hydrogen (secondary N) is 1. The molecular formula is C29H33N3O3. The number of anilines is 1. The van der Waals surface area contributed by atoms with Crippen molar-refractivity contribution in [3.8, 4) is 0 Å². The Morgan fingerprint density at radius 3 is 2.57 bits per heavy atom. The average Bonchev–Trinajstić information content (AvgIpc) is 3.44. The highest BCUT2D eigenvalue weighted by Gasteiger charge is 2.43. The van der Waals surface area contributed by atoms with E-state index in [0.717, 1.165) is 43.6 Å². The van der Waals surface area contributed by atoms with Gasteiger partial charge in [0.25, 0.3) is 0 Å². The van der Waals surface area contributed by atoms with Crippen molar-refractivity contribution < 1.29 is 14.3 Å². The molecule has 2 amide bonds. The van der Waals surface area contributed by atoms with Crippen molar-refractivity contribution in [1.82, 2.24) is 10.2 Å². The van der Waals surface area contributed by atoms with E-state index in [1.54, 1.807) is 4.90 Å². The topological polar surface area (TPSA) is 61.9 Å². The third-order valence-electron chi connectivity index (χ3n) is 8.34. The van der Waals surface area contributed by atoms with Crippen LogP contribution < -0.4 is 10.2 Å². The van der Waals surface area contributed by atoms with Gasteiger partial charge in [0.05, 0.1) is 13.2 Å². The molecule has 35 heavy (non-hydrogen) atoms. The van der Waals surface area contributed by atoms with Crippen molar-refractivity contribution in [2.24, 2.45) is 0 Å². The first-order valence-electron chi connectivity index (χ1n) is 13.0. The fourth-order valence-electron chi connectivity index (χ4n) is 6.56. The molecule has 2 saturated heterocycles. The first kappa shape index (κ1) is 22.5. The fourth-order valence-corrected chi connectivity index (χ4v) is 6.56. The molecular weight excluding hydrogens is 438 g/mol. The first-order valence-corrected chi connectivity index (χ1v) is 13.0. The summed E-state index contributed by atoms with van der Waals surface area (Å²) < 4.78 is 5.44. The summed E-state index contributed by atoms with van der Waals surface area (Å²) in [6.07, 6.45) is 6.18. The number of ether oxygens (including phenoxy) is 1. The Labute approximate surface area is 206 Å². The van der Waals surface area contributed by atoms with Crippen LogP contribution >= 0.6 is 0 Å². The number of para-hydroxylation sites is 1. The fraction of sp³-hybridized carbons (Fsp3) is 0.448. The van der Waals surface area contributed by atoms with Gasteiger partial charge in [0.15, 0.2) is 0 Å². The van der Waals surface area contributed by atoms with E-state index in [1.165, 1.54) is 16.7 Å². The highest BCUT2D eigenvalue weighted by Crippen LogP contribution is 2.49. The highest BCUT2D eigenvalue weighted by molar-refractivity contribution is 6.03. The summed E-state index contributed by atoms with van der Waals surface area (Å²) in [6.45, 7) is 4.30. The van der Waals surface area contributed by atoms with Crippen molar-refractivity contribution in [3.05, 3.63) is 70.8 Å². The standard InChI is InChI=1S/C29H33N3O3/c33-27(10-9-23-19-21-5-1-3-7-24(21)29(23)11-13-30-14-12-29)32-25-8-4-2-6-22(25)20-26(32)28(34)31-15-17-35-18-16-31/h1-8,19,26,30H,9-18,20H2/t26-/m0/s1. The number of fused-ring (bicyclic) bond motifs is 3. The summed E-state index contributed by atoms with van der Waals surface area (Å²) >= 11 is 0. The second-order valence-electron chi connectivity index (χ2n) is 10.1. The Kier molecular flexibility index (Phi) is 5.94. The number of carbonyl (C=O) groups is 2. The number of piperidine rings is 1. The number of hydrogen-bond acceptors (Lipinski definition) is 4. The molecule has 0 aromatic heterocycles. The predicted molar refractivity (Wildman–Crippen MR) is 136 cm³/mol. The summed E-state index contributed by atoms with van der Waals surface area (Å²) in [6, 6.07) is 16.2. The molecule has 182 valence electrons. The Morgan fingerprint density at radius 1 is 1.00 bits per heavy atom. The molecule has 0 unspecified atom stereocenters. The minimum absolute atomic E-state index is 0.0358. The molecule has 1 aliphatic carbocycles. The van der Waals surface area contributed by atoms with Crippen LogP contribution in [-0.4, -0.2) is 62.1 Å². The summed E-state index contributed by atoms with van der Waals surface area (Å²) in [7, 11) is 0. The third kappa shape index (κ3) is 3.89. The molecule has 1 N–H and O–H groups in total. The summed E-state index contributed by atoms with van der Waals surface area (Å²) in [4.78, 5) is 30.9. The van der Waals surface area contributed by atoms with Crippen molar-refractivity contribution in [2.75, 3.05) is 44.3 Å². The molecule has 6 rings (SSSR count). The van der Waals surface area contributed by atoms with Gasteiger partial charge in [-0.3, -0.25) is 14.5 Å². The van der Waals surface area contributed by atoms with Crippen molar-refractivity contribution in [1.29, 1.82) is 0 Å². The number of rotatable bonds is 4. The average molecular weight is 472 g/mol. The van der Waals surface area contributed by atoms with Crippen LogP contribution in [0.1, 0.15) is 42.4 Å². The molecule has 2 aromatic carbocycles. The van der Waals surface area contributed by atoms with E-state index in [0.29, 0.717) is 39.1 Å². The van der Waals surface area contributed by atoms with E-state index in [-0.39, 0.29) is 17.2 Å². The largest absolute Gasteiger partial charge is 0.378 e. The molecule has 0 radical (unpaired) electrons. The maximum Gasteiger partial charge on any atom is 0.246 e. The smallest absolute Gasteiger partial charge is 0.246 e. The van der Waals surface area contributed by atoms with Gasteiger partial charge in [-0.15, -0.1) is 0 Å². The second-order valence-corrected chi connectivity index (χ2v) is 10.1. The lowest BCUT2D eigenvalue weighted by atomic mass is 9.69. The molecule has 6 nitrogen and oxygen atoms in total. The molecule has 3 aliphatic heterocycles. The lowest BCUT2D eigenvalue weighted by Crippen LogP contribution is -2.52. The van der Waals surface area contributed by atoms with Crippen LogP contribution in [0.3, 0.4) is 0 Å². The molecule has 0 saturated carbocycles. The quantitative estimate of drug-likeness (QED) is 0.743. The molecule has 1 spiro atoms. The number of carbonyl (C=O) groups excluding carboxylic acids is 2. The van der Waals surface area contributed by atoms with Crippen LogP contribution in [0, 0.1) is 0 Å². The van der Waals surface area contributed by atoms with Crippen LogP contribution in [0.2, 0.25) is 0 Å². The zero-order valence-electron chi connectivity index (χ0n) is 20.2. The third-order valence-corrected chi connectivity index (χ3v) is 8.34. The van der Waals surface area contributed by atoms with Crippen LogP contribution in [0.5, 0.6) is 0 Å². The monoisotopic (exact) mass is 471 g/mol. The van der Waals surface area contributed by atoms with Gasteiger partial charge < -0.3 is 15.0 Å². The van der Waals surface area contributed by atoms with Gasteiger partial charge in [-0.1, -0.05) is 54.1 Å². The maximum atomic E-state index is 13.8. The van der Waals surface area contributed by atoms with Crippen LogP contribution in [-0.2, 0) is 26.2 Å². The summed E-state index contributed by atoms with van der Waals surface area (Å²) in [5.41, 5.74) is 6.09. The van der Waals surface area contributed by atoms with E-state index in [2.05, 4.69) is 35.7 Å². The van der Waals surface area contributed by atoms with Gasteiger partial charge >= 0.3 is 0 Å². The molecule has 3 heterocycles. The van der Waals surface area contributed by atoms with Crippen LogP contribution in [0.4, 0.5) is 5.69 Å². The van der Waals surface area contributed by atoms with Gasteiger partial charge in [-0.25, -0.2) is 0 Å². The Morgan fingerprint density at radius 2 is 1.74 bits per heavy atom. The lowest BCUT2D eigenvalue weighted by molar-refractivity contribution is -0.138. The van der Waals surface area contributed by atoms with Gasteiger partial charge in [0, 0.05) is 37.0 Å². The molecule has 0 bridgehead atoms. The van der Waals surface area contributed by atoms with E-state index >= 15 is 0 Å². The van der Waals surface area contributed by atoms with Crippen LogP contribution in [0.25, 0.3) is 6.08 Å². The van der Waals surface area contributed by atoms with Gasteiger partial charge in [0.1, 0.15) is 6.04 Å². The van der Waals surface area contributed by atoms with E-state index in [9.17, 15) is 9.59 Å². The van der Waals surface area contributed by atoms with Crippen LogP contribution in [0.15, 0.2) is 54.1 Å². The number of nitrogens with zero attached hydrogens (tertiary/aromatic N) is 2. The number of allylic oxidation sites excluding steroid dienone is 1. The Hall–Kier alpha value is -2.96. The lowest BCUT2D eigenvalue weighted by Gasteiger charge is -2.38. The van der Waals surface area contributed by atoms with E-state index in [4.69, 9.17) is 4.74 Å². The van der Waals surface area contributed by atoms with Crippen molar-refractivity contribution in [3.63, 3.8) is 0 Å². The minimum atomic E-state index is -0.458. The zero-order valence-corrected chi connectivity index (χ0v) is 20.2. The first-order chi connectivity index (χ1) is 17.2. The molecule has 6 heteroatoms. The number of morpholine rings is 1.